The van der Waals surface area contributed by atoms with Crippen LogP contribution < -0.4 is 0 Å². The van der Waals surface area contributed by atoms with Crippen molar-refractivity contribution in [2.45, 2.75) is 19.1 Å². The molecule has 0 heterocycles. The fourth-order valence-corrected chi connectivity index (χ4v) is 2.80. The van der Waals surface area contributed by atoms with Crippen molar-refractivity contribution in [3.8, 4) is 0 Å². The van der Waals surface area contributed by atoms with Gasteiger partial charge in [-0.05, 0) is 13.8 Å². The van der Waals surface area contributed by atoms with Crippen LogP contribution >= 0.6 is 58.0 Å². The second kappa shape index (κ2) is 5.99. The van der Waals surface area contributed by atoms with Crippen LogP contribution in [0.5, 0.6) is 0 Å². The lowest BCUT2D eigenvalue weighted by Crippen LogP contribution is -2.14. The van der Waals surface area contributed by atoms with Crippen LogP contribution in [-0.2, 0) is 9.84 Å². The zero-order chi connectivity index (χ0) is 12.4. The van der Waals surface area contributed by atoms with Gasteiger partial charge in [-0.25, -0.2) is 8.42 Å². The van der Waals surface area contributed by atoms with Crippen LogP contribution in [0.2, 0.25) is 0 Å². The Morgan fingerprint density at radius 2 is 1.33 bits per heavy atom. The van der Waals surface area contributed by atoms with Gasteiger partial charge in [0.25, 0.3) is 0 Å². The monoisotopic (exact) mass is 330 g/mol. The summed E-state index contributed by atoms with van der Waals surface area (Å²) in [6.07, 6.45) is 0. The van der Waals surface area contributed by atoms with Gasteiger partial charge in [0.05, 0.1) is 15.3 Å². The van der Waals surface area contributed by atoms with Crippen molar-refractivity contribution >= 4 is 67.8 Å². The Hall–Kier alpha value is 0.880. The van der Waals surface area contributed by atoms with Crippen molar-refractivity contribution in [1.82, 2.24) is 0 Å². The molecular formula is C7H7Cl5O2S. The molecule has 15 heavy (non-hydrogen) atoms. The van der Waals surface area contributed by atoms with Crippen LogP contribution in [0.3, 0.4) is 0 Å². The fourth-order valence-electron chi connectivity index (χ4n) is 0.501. The van der Waals surface area contributed by atoms with E-state index >= 15 is 0 Å². The zero-order valence-electron chi connectivity index (χ0n) is 7.69. The molecule has 0 aliphatic carbocycles. The summed E-state index contributed by atoms with van der Waals surface area (Å²) < 4.78 is 22.2. The molecule has 0 N–H and O–H groups in total. The first kappa shape index (κ1) is 15.9. The van der Waals surface area contributed by atoms with Crippen molar-refractivity contribution in [1.29, 1.82) is 0 Å². The van der Waals surface area contributed by atoms with Crippen molar-refractivity contribution in [3.63, 3.8) is 0 Å². The number of hydrogen-bond donors (Lipinski definition) is 0. The molecule has 0 aromatic heterocycles. The number of sulfone groups is 1. The smallest absolute Gasteiger partial charge is 0.192 e. The maximum atomic E-state index is 11.6. The molecule has 0 atom stereocenters. The second-order valence-corrected chi connectivity index (χ2v) is 7.50. The van der Waals surface area contributed by atoms with Crippen LogP contribution in [0.4, 0.5) is 0 Å². The van der Waals surface area contributed by atoms with Crippen LogP contribution in [0.15, 0.2) is 18.9 Å². The van der Waals surface area contributed by atoms with Crippen LogP contribution in [0.25, 0.3) is 0 Å². The van der Waals surface area contributed by atoms with Gasteiger partial charge >= 0.3 is 0 Å². The van der Waals surface area contributed by atoms with Gasteiger partial charge in [-0.15, -0.1) is 0 Å². The van der Waals surface area contributed by atoms with Crippen molar-refractivity contribution in [2.24, 2.45) is 0 Å². The number of hydrogen-bond acceptors (Lipinski definition) is 2. The van der Waals surface area contributed by atoms with Crippen molar-refractivity contribution in [3.05, 3.63) is 18.9 Å². The van der Waals surface area contributed by atoms with Crippen molar-refractivity contribution < 1.29 is 8.42 Å². The maximum Gasteiger partial charge on any atom is 0.192 e. The molecule has 0 spiro atoms. The lowest BCUT2D eigenvalue weighted by Gasteiger charge is -2.08. The molecule has 0 saturated carbocycles. The SMILES string of the molecule is CC(C)S(=O)(=O)/C(Cl)=C(/Cl)C(Cl)=C(Cl)Cl. The second-order valence-electron chi connectivity index (χ2n) is 2.76. The quantitative estimate of drug-likeness (QED) is 0.720. The first-order valence-electron chi connectivity index (χ1n) is 3.62. The molecule has 0 bridgehead atoms. The largest absolute Gasteiger partial charge is 0.222 e. The molecule has 0 aliphatic heterocycles. The third-order valence-electron chi connectivity index (χ3n) is 1.40. The van der Waals surface area contributed by atoms with E-state index in [1.54, 1.807) is 0 Å². The predicted molar refractivity (Wildman–Crippen MR) is 67.4 cm³/mol. The van der Waals surface area contributed by atoms with E-state index in [1.807, 2.05) is 0 Å². The van der Waals surface area contributed by atoms with E-state index in [0.29, 0.717) is 0 Å². The van der Waals surface area contributed by atoms with Gasteiger partial charge in [0.2, 0.25) is 0 Å². The molecule has 0 aromatic carbocycles. The van der Waals surface area contributed by atoms with Gasteiger partial charge in [-0.2, -0.15) is 0 Å². The first-order valence-corrected chi connectivity index (χ1v) is 7.06. The number of halogens is 5. The molecule has 0 amide bonds. The summed E-state index contributed by atoms with van der Waals surface area (Å²) in [6.45, 7) is 2.92. The van der Waals surface area contributed by atoms with E-state index in [4.69, 9.17) is 58.0 Å². The van der Waals surface area contributed by atoms with Gasteiger partial charge < -0.3 is 0 Å². The minimum Gasteiger partial charge on any atom is -0.222 e. The Bertz CT molecular complexity index is 403. The van der Waals surface area contributed by atoms with Gasteiger partial charge in [-0.1, -0.05) is 58.0 Å². The molecule has 88 valence electrons. The summed E-state index contributed by atoms with van der Waals surface area (Å²) in [6, 6.07) is 0. The molecule has 0 radical (unpaired) electrons. The third-order valence-corrected chi connectivity index (χ3v) is 5.81. The molecule has 0 fully saturated rings. The highest BCUT2D eigenvalue weighted by Gasteiger charge is 2.25. The average Bonchev–Trinajstić information content (AvgIpc) is 2.13. The molecule has 0 aromatic rings. The highest BCUT2D eigenvalue weighted by Crippen LogP contribution is 2.34. The summed E-state index contributed by atoms with van der Waals surface area (Å²) in [5, 5.41) is -1.39. The van der Waals surface area contributed by atoms with E-state index in [-0.39, 0.29) is 14.6 Å². The molecular weight excluding hydrogens is 325 g/mol. The van der Waals surface area contributed by atoms with Gasteiger partial charge in [0, 0.05) is 0 Å². The van der Waals surface area contributed by atoms with E-state index in [9.17, 15) is 8.42 Å². The maximum absolute atomic E-state index is 11.6. The molecule has 2 nitrogen and oxygen atoms in total. The average molecular weight is 332 g/mol. The standard InChI is InChI=1S/C7H7Cl5O2S/c1-3(2)15(13,14)7(12)5(9)4(8)6(10)11/h3H,1-2H3/b7-5+. The predicted octanol–water partition coefficient (Wildman–Crippen LogP) is 4.34. The number of allylic oxidation sites excluding steroid dienone is 2. The van der Waals surface area contributed by atoms with E-state index in [0.717, 1.165) is 0 Å². The normalized spacial score (nSPS) is 13.9. The minimum atomic E-state index is -3.68. The summed E-state index contributed by atoms with van der Waals surface area (Å²) in [7, 11) is -3.68. The first-order chi connectivity index (χ1) is 6.62. The Morgan fingerprint density at radius 3 is 1.60 bits per heavy atom. The van der Waals surface area contributed by atoms with E-state index in [1.165, 1.54) is 13.8 Å². The number of rotatable bonds is 3. The Labute approximate surface area is 114 Å². The molecule has 0 saturated heterocycles. The summed E-state index contributed by atoms with van der Waals surface area (Å²) >= 11 is 27.4. The summed E-state index contributed by atoms with van der Waals surface area (Å²) in [5.74, 6) is 0. The van der Waals surface area contributed by atoms with Crippen LogP contribution in [-0.4, -0.2) is 13.7 Å². The fraction of sp³-hybridized carbons (Fsp3) is 0.429. The third kappa shape index (κ3) is 3.99. The lowest BCUT2D eigenvalue weighted by atomic mass is 10.6. The molecule has 0 aliphatic rings. The highest BCUT2D eigenvalue weighted by molar-refractivity contribution is 7.97. The molecule has 0 unspecified atom stereocenters. The van der Waals surface area contributed by atoms with Crippen LogP contribution in [0.1, 0.15) is 13.8 Å². The van der Waals surface area contributed by atoms with Gasteiger partial charge in [0.1, 0.15) is 4.49 Å². The van der Waals surface area contributed by atoms with Crippen LogP contribution in [0, 0.1) is 0 Å². The Kier molecular flexibility index (Phi) is 6.34. The highest BCUT2D eigenvalue weighted by atomic mass is 35.5. The van der Waals surface area contributed by atoms with Gasteiger partial charge in [0.15, 0.2) is 14.2 Å². The topological polar surface area (TPSA) is 34.1 Å². The molecule has 8 heteroatoms. The van der Waals surface area contributed by atoms with E-state index < -0.39 is 19.5 Å². The summed E-state index contributed by atoms with van der Waals surface area (Å²) in [4.78, 5) is 0. The van der Waals surface area contributed by atoms with Gasteiger partial charge in [-0.3, -0.25) is 0 Å². The Morgan fingerprint density at radius 1 is 0.933 bits per heavy atom. The zero-order valence-corrected chi connectivity index (χ0v) is 12.3. The molecule has 0 rings (SSSR count). The summed E-state index contributed by atoms with van der Waals surface area (Å²) in [5.41, 5.74) is 0. The van der Waals surface area contributed by atoms with E-state index in [2.05, 4.69) is 0 Å². The van der Waals surface area contributed by atoms with Crippen molar-refractivity contribution in [2.75, 3.05) is 0 Å². The lowest BCUT2D eigenvalue weighted by molar-refractivity contribution is 0.595. The minimum absolute atomic E-state index is 0.297. The Balaban J connectivity index is 5.62.